The Kier molecular flexibility index (Phi) is 22.6. The number of carbonyl (C=O) groups is 5. The van der Waals surface area contributed by atoms with Gasteiger partial charge in [-0.25, -0.2) is 14.4 Å². The Hall–Kier alpha value is -3.77. The molecule has 20 nitrogen and oxygen atoms in total. The van der Waals surface area contributed by atoms with Crippen molar-refractivity contribution >= 4 is 50.1 Å². The number of aliphatic hydroxyl groups excluding tert-OH is 1. The molecule has 0 aliphatic heterocycles. The average molecular weight is 775 g/mol. The van der Waals surface area contributed by atoms with Gasteiger partial charge in [0, 0.05) is 44.4 Å². The lowest BCUT2D eigenvalue weighted by Gasteiger charge is -2.35. The normalized spacial score (nSPS) is 11.9. The monoisotopic (exact) mass is 774 g/mol. The molecule has 0 bridgehead atoms. The minimum Gasteiger partial charge on any atom is -0.465 e. The summed E-state index contributed by atoms with van der Waals surface area (Å²) in [6, 6.07) is 0. The van der Waals surface area contributed by atoms with Crippen molar-refractivity contribution in [3.63, 3.8) is 0 Å². The standard InChI is InChI=1S/C29H46N2O18S2/c1-4-23(33)45-20-29(21-46-24(34)5-2,22-47-25(35)6-3)17-44-16-28(15-32,18-48-26(36)7-9-30-11-13-50(38,39)40)19-49-27(37)8-10-31-12-14-51(41,42)43/h4-6,30-32H,1-3,7-22H2,(H,38,39,40)(H,41,42,43). The zero-order valence-electron chi connectivity index (χ0n) is 27.9. The maximum atomic E-state index is 12.4. The second-order valence-corrected chi connectivity index (χ2v) is 14.1. The number of nitrogens with one attached hydrogen (secondary N) is 2. The first-order chi connectivity index (χ1) is 23.8. The van der Waals surface area contributed by atoms with Crippen molar-refractivity contribution < 1.29 is 83.4 Å². The molecule has 0 aliphatic carbocycles. The van der Waals surface area contributed by atoms with Crippen LogP contribution in [0.1, 0.15) is 12.8 Å². The number of aliphatic hydroxyl groups is 1. The Labute approximate surface area is 296 Å². The molecule has 0 amide bonds. The average Bonchev–Trinajstić information content (AvgIpc) is 3.07. The first-order valence-electron chi connectivity index (χ1n) is 15.0. The fourth-order valence-electron chi connectivity index (χ4n) is 3.49. The van der Waals surface area contributed by atoms with E-state index in [1.807, 2.05) is 0 Å². The minimum absolute atomic E-state index is 0.0463. The molecule has 0 saturated heterocycles. The van der Waals surface area contributed by atoms with Crippen molar-refractivity contribution in [1.29, 1.82) is 0 Å². The van der Waals surface area contributed by atoms with Gasteiger partial charge in [-0.05, 0) is 0 Å². The van der Waals surface area contributed by atoms with Gasteiger partial charge in [-0.1, -0.05) is 19.7 Å². The van der Waals surface area contributed by atoms with E-state index in [4.69, 9.17) is 37.5 Å². The van der Waals surface area contributed by atoms with Gasteiger partial charge in [0.25, 0.3) is 20.2 Å². The van der Waals surface area contributed by atoms with Crippen LogP contribution in [-0.4, -0.2) is 151 Å². The van der Waals surface area contributed by atoms with Crippen molar-refractivity contribution in [2.24, 2.45) is 10.8 Å². The fraction of sp³-hybridized carbons (Fsp3) is 0.621. The van der Waals surface area contributed by atoms with Crippen molar-refractivity contribution in [1.82, 2.24) is 10.6 Å². The molecule has 0 aliphatic rings. The van der Waals surface area contributed by atoms with Crippen LogP contribution in [0, 0.1) is 10.8 Å². The maximum absolute atomic E-state index is 12.4. The largest absolute Gasteiger partial charge is 0.465 e. The molecule has 0 heterocycles. The zero-order valence-corrected chi connectivity index (χ0v) is 29.6. The summed E-state index contributed by atoms with van der Waals surface area (Å²) >= 11 is 0. The van der Waals surface area contributed by atoms with Crippen LogP contribution in [0.15, 0.2) is 38.0 Å². The highest BCUT2D eigenvalue weighted by Crippen LogP contribution is 2.25. The molecule has 0 aromatic carbocycles. The van der Waals surface area contributed by atoms with Crippen LogP contribution in [-0.2, 0) is 72.6 Å². The predicted molar refractivity (Wildman–Crippen MR) is 176 cm³/mol. The Balaban J connectivity index is 5.93. The summed E-state index contributed by atoms with van der Waals surface area (Å²) in [5, 5.41) is 15.7. The quantitative estimate of drug-likeness (QED) is 0.0173. The second-order valence-electron chi connectivity index (χ2n) is 11.0. The molecule has 0 unspecified atom stereocenters. The molecule has 292 valence electrons. The molecule has 0 radical (unpaired) electrons. The minimum atomic E-state index is -4.22. The van der Waals surface area contributed by atoms with Crippen LogP contribution < -0.4 is 10.6 Å². The highest BCUT2D eigenvalue weighted by Gasteiger charge is 2.39. The van der Waals surface area contributed by atoms with Gasteiger partial charge in [0.15, 0.2) is 0 Å². The van der Waals surface area contributed by atoms with Crippen molar-refractivity contribution in [2.75, 3.05) is 90.5 Å². The van der Waals surface area contributed by atoms with Crippen LogP contribution in [0.4, 0.5) is 0 Å². The third kappa shape index (κ3) is 24.1. The van der Waals surface area contributed by atoms with Gasteiger partial charge in [0.2, 0.25) is 0 Å². The third-order valence-electron chi connectivity index (χ3n) is 6.38. The molecular weight excluding hydrogens is 728 g/mol. The summed E-state index contributed by atoms with van der Waals surface area (Å²) in [6.07, 6.45) is 2.01. The molecule has 0 aromatic heterocycles. The number of esters is 5. The Morgan fingerprint density at radius 2 is 0.882 bits per heavy atom. The van der Waals surface area contributed by atoms with Crippen LogP contribution in [0.3, 0.4) is 0 Å². The van der Waals surface area contributed by atoms with E-state index in [0.717, 1.165) is 18.2 Å². The van der Waals surface area contributed by atoms with Gasteiger partial charge < -0.3 is 44.2 Å². The van der Waals surface area contributed by atoms with Gasteiger partial charge in [-0.15, -0.1) is 0 Å². The lowest BCUT2D eigenvalue weighted by molar-refractivity contribution is -0.168. The molecule has 0 spiro atoms. The predicted octanol–water partition coefficient (Wildman–Crippen LogP) is -2.02. The van der Waals surface area contributed by atoms with Crippen LogP contribution >= 0.6 is 0 Å². The molecule has 0 aromatic rings. The van der Waals surface area contributed by atoms with Crippen molar-refractivity contribution in [3.8, 4) is 0 Å². The van der Waals surface area contributed by atoms with Gasteiger partial charge >= 0.3 is 29.8 Å². The van der Waals surface area contributed by atoms with Crippen molar-refractivity contribution in [3.05, 3.63) is 38.0 Å². The molecule has 0 fully saturated rings. The molecule has 51 heavy (non-hydrogen) atoms. The van der Waals surface area contributed by atoms with E-state index in [9.17, 15) is 45.9 Å². The lowest BCUT2D eigenvalue weighted by Crippen LogP contribution is -2.46. The molecular formula is C29H46N2O18S2. The Morgan fingerprint density at radius 3 is 1.20 bits per heavy atom. The van der Waals surface area contributed by atoms with E-state index in [2.05, 4.69) is 30.4 Å². The van der Waals surface area contributed by atoms with Crippen LogP contribution in [0.2, 0.25) is 0 Å². The van der Waals surface area contributed by atoms with E-state index in [0.29, 0.717) is 0 Å². The summed E-state index contributed by atoms with van der Waals surface area (Å²) < 4.78 is 92.7. The molecule has 0 rings (SSSR count). The first-order valence-corrected chi connectivity index (χ1v) is 18.2. The number of hydrogen-bond acceptors (Lipinski definition) is 18. The smallest absolute Gasteiger partial charge is 0.330 e. The first kappa shape index (κ1) is 47.2. The van der Waals surface area contributed by atoms with Gasteiger partial charge in [-0.3, -0.25) is 18.7 Å². The Bertz CT molecular complexity index is 1280. The topological polar surface area (TPSA) is 294 Å². The van der Waals surface area contributed by atoms with E-state index in [1.165, 1.54) is 0 Å². The maximum Gasteiger partial charge on any atom is 0.330 e. The van der Waals surface area contributed by atoms with Crippen LogP contribution in [0.5, 0.6) is 0 Å². The summed E-state index contributed by atoms with van der Waals surface area (Å²) in [6.45, 7) is 4.84. The summed E-state index contributed by atoms with van der Waals surface area (Å²) in [7, 11) is -8.44. The SMILES string of the molecule is C=CC(=O)OCC(COCC(CO)(COC(=O)CCNCCS(=O)(=O)O)COC(=O)CCNCCS(=O)(=O)O)(COC(=O)C=C)COC(=O)C=C. The number of ether oxygens (including phenoxy) is 6. The van der Waals surface area contributed by atoms with Gasteiger partial charge in [0.05, 0.1) is 55.0 Å². The van der Waals surface area contributed by atoms with Crippen LogP contribution in [0.25, 0.3) is 0 Å². The molecule has 0 saturated carbocycles. The molecule has 0 atom stereocenters. The van der Waals surface area contributed by atoms with E-state index in [-0.39, 0.29) is 39.0 Å². The zero-order chi connectivity index (χ0) is 39.0. The second kappa shape index (κ2) is 24.4. The highest BCUT2D eigenvalue weighted by atomic mass is 32.2. The highest BCUT2D eigenvalue weighted by molar-refractivity contribution is 7.86. The van der Waals surface area contributed by atoms with E-state index >= 15 is 0 Å². The van der Waals surface area contributed by atoms with E-state index in [1.54, 1.807) is 0 Å². The fourth-order valence-corrected chi connectivity index (χ4v) is 4.29. The summed E-state index contributed by atoms with van der Waals surface area (Å²) in [5.74, 6) is -5.47. The molecule has 22 heteroatoms. The molecule has 5 N–H and O–H groups in total. The van der Waals surface area contributed by atoms with Gasteiger partial charge in [-0.2, -0.15) is 16.8 Å². The number of rotatable bonds is 30. The number of hydrogen-bond donors (Lipinski definition) is 5. The third-order valence-corrected chi connectivity index (χ3v) is 7.82. The summed E-state index contributed by atoms with van der Waals surface area (Å²) in [5.41, 5.74) is -3.20. The Morgan fingerprint density at radius 1 is 0.549 bits per heavy atom. The van der Waals surface area contributed by atoms with Crippen molar-refractivity contribution in [2.45, 2.75) is 12.8 Å². The summed E-state index contributed by atoms with van der Waals surface area (Å²) in [4.78, 5) is 60.6. The van der Waals surface area contributed by atoms with Gasteiger partial charge in [0.1, 0.15) is 33.0 Å². The lowest BCUT2D eigenvalue weighted by atomic mass is 9.90. The number of carbonyl (C=O) groups excluding carboxylic acids is 5. The van der Waals surface area contributed by atoms with E-state index < -0.39 is 125 Å².